The maximum Gasteiger partial charge on any atom is 0.339 e. The molecule has 0 aliphatic rings. The van der Waals surface area contributed by atoms with E-state index in [1.807, 2.05) is 0 Å². The molecule has 0 aliphatic carbocycles. The summed E-state index contributed by atoms with van der Waals surface area (Å²) in [6, 6.07) is 7.27. The van der Waals surface area contributed by atoms with Crippen LogP contribution in [0.4, 0.5) is 4.39 Å². The van der Waals surface area contributed by atoms with E-state index in [2.05, 4.69) is 4.98 Å². The van der Waals surface area contributed by atoms with Crippen molar-refractivity contribution in [3.8, 4) is 5.75 Å². The van der Waals surface area contributed by atoms with Crippen LogP contribution < -0.4 is 4.74 Å². The predicted octanol–water partition coefficient (Wildman–Crippen LogP) is 2.50. The molecule has 92 valence electrons. The molecule has 5 heteroatoms. The molecule has 0 fully saturated rings. The fourth-order valence-electron chi connectivity index (χ4n) is 1.46. The molecule has 0 saturated carbocycles. The van der Waals surface area contributed by atoms with Crippen molar-refractivity contribution in [2.45, 2.75) is 6.61 Å². The molecule has 2 rings (SSSR count). The lowest BCUT2D eigenvalue weighted by Gasteiger charge is -2.08. The van der Waals surface area contributed by atoms with Crippen molar-refractivity contribution in [1.82, 2.24) is 4.98 Å². The van der Waals surface area contributed by atoms with Gasteiger partial charge in [-0.1, -0.05) is 12.1 Å². The molecule has 1 aromatic carbocycles. The van der Waals surface area contributed by atoms with Crippen molar-refractivity contribution < 1.29 is 19.0 Å². The zero-order chi connectivity index (χ0) is 13.0. The topological polar surface area (TPSA) is 59.4 Å². The van der Waals surface area contributed by atoms with Gasteiger partial charge in [-0.2, -0.15) is 0 Å². The summed E-state index contributed by atoms with van der Waals surface area (Å²) in [7, 11) is 0. The number of rotatable bonds is 4. The fourth-order valence-corrected chi connectivity index (χ4v) is 1.46. The first-order valence-electron chi connectivity index (χ1n) is 5.21. The molecular weight excluding hydrogens is 237 g/mol. The molecular formula is C13H10FNO3. The van der Waals surface area contributed by atoms with E-state index in [1.165, 1.54) is 30.6 Å². The SMILES string of the molecule is O=C(O)c1ccncc1OCc1cccc(F)c1. The molecule has 0 saturated heterocycles. The van der Waals surface area contributed by atoms with E-state index in [1.54, 1.807) is 12.1 Å². The number of hydrogen-bond acceptors (Lipinski definition) is 3. The Hall–Kier alpha value is -2.43. The number of halogens is 1. The standard InChI is InChI=1S/C13H10FNO3/c14-10-3-1-2-9(6-10)8-18-12-7-15-5-4-11(12)13(16)17/h1-7H,8H2,(H,16,17). The Balaban J connectivity index is 2.13. The third-order valence-electron chi connectivity index (χ3n) is 2.30. The third kappa shape index (κ3) is 2.82. The van der Waals surface area contributed by atoms with Crippen molar-refractivity contribution >= 4 is 5.97 Å². The van der Waals surface area contributed by atoms with E-state index in [-0.39, 0.29) is 23.7 Å². The molecule has 0 aliphatic heterocycles. The molecule has 1 aromatic heterocycles. The second kappa shape index (κ2) is 5.27. The highest BCUT2D eigenvalue weighted by Gasteiger charge is 2.10. The monoisotopic (exact) mass is 247 g/mol. The summed E-state index contributed by atoms with van der Waals surface area (Å²) >= 11 is 0. The van der Waals surface area contributed by atoms with Gasteiger partial charge in [0, 0.05) is 6.20 Å². The quantitative estimate of drug-likeness (QED) is 0.901. The minimum absolute atomic E-state index is 0.0291. The lowest BCUT2D eigenvalue weighted by molar-refractivity contribution is 0.0691. The fraction of sp³-hybridized carbons (Fsp3) is 0.0769. The van der Waals surface area contributed by atoms with Gasteiger partial charge in [0.25, 0.3) is 0 Å². The molecule has 0 bridgehead atoms. The van der Waals surface area contributed by atoms with Crippen LogP contribution in [-0.4, -0.2) is 16.1 Å². The highest BCUT2D eigenvalue weighted by Crippen LogP contribution is 2.18. The maximum atomic E-state index is 12.9. The third-order valence-corrected chi connectivity index (χ3v) is 2.30. The number of aromatic nitrogens is 1. The van der Waals surface area contributed by atoms with Crippen LogP contribution >= 0.6 is 0 Å². The molecule has 0 radical (unpaired) electrons. The maximum absolute atomic E-state index is 12.9. The van der Waals surface area contributed by atoms with Gasteiger partial charge in [0.05, 0.1) is 6.20 Å². The van der Waals surface area contributed by atoms with E-state index in [9.17, 15) is 9.18 Å². The first-order chi connectivity index (χ1) is 8.66. The van der Waals surface area contributed by atoms with Crippen molar-refractivity contribution in [1.29, 1.82) is 0 Å². The number of ether oxygens (including phenoxy) is 1. The zero-order valence-corrected chi connectivity index (χ0v) is 9.34. The van der Waals surface area contributed by atoms with Gasteiger partial charge in [0.1, 0.15) is 18.0 Å². The molecule has 1 heterocycles. The van der Waals surface area contributed by atoms with Crippen molar-refractivity contribution in [2.75, 3.05) is 0 Å². The number of hydrogen-bond donors (Lipinski definition) is 1. The molecule has 0 unspecified atom stereocenters. The molecule has 18 heavy (non-hydrogen) atoms. The summed E-state index contributed by atoms with van der Waals surface area (Å²) in [5, 5.41) is 8.94. The number of benzene rings is 1. The van der Waals surface area contributed by atoms with Crippen LogP contribution in [0.25, 0.3) is 0 Å². The second-order valence-corrected chi connectivity index (χ2v) is 3.60. The molecule has 1 N–H and O–H groups in total. The molecule has 0 spiro atoms. The minimum Gasteiger partial charge on any atom is -0.486 e. The minimum atomic E-state index is -1.09. The highest BCUT2D eigenvalue weighted by molar-refractivity contribution is 5.90. The van der Waals surface area contributed by atoms with E-state index in [4.69, 9.17) is 9.84 Å². The summed E-state index contributed by atoms with van der Waals surface area (Å²) < 4.78 is 18.3. The van der Waals surface area contributed by atoms with E-state index in [0.29, 0.717) is 5.56 Å². The van der Waals surface area contributed by atoms with Gasteiger partial charge >= 0.3 is 5.97 Å². The lowest BCUT2D eigenvalue weighted by atomic mass is 10.2. The number of carboxylic acids is 1. The van der Waals surface area contributed by atoms with Gasteiger partial charge in [-0.25, -0.2) is 9.18 Å². The average molecular weight is 247 g/mol. The smallest absolute Gasteiger partial charge is 0.339 e. The zero-order valence-electron chi connectivity index (χ0n) is 9.34. The summed E-state index contributed by atoms with van der Waals surface area (Å²) in [5.41, 5.74) is 0.650. The summed E-state index contributed by atoms with van der Waals surface area (Å²) in [6.45, 7) is 0.0870. The van der Waals surface area contributed by atoms with Crippen LogP contribution in [0.3, 0.4) is 0 Å². The van der Waals surface area contributed by atoms with Crippen LogP contribution in [0.1, 0.15) is 15.9 Å². The Morgan fingerprint density at radius 1 is 1.39 bits per heavy atom. The molecule has 2 aromatic rings. The second-order valence-electron chi connectivity index (χ2n) is 3.60. The van der Waals surface area contributed by atoms with Gasteiger partial charge < -0.3 is 9.84 Å². The van der Waals surface area contributed by atoms with Gasteiger partial charge in [0.15, 0.2) is 5.75 Å². The van der Waals surface area contributed by atoms with Crippen molar-refractivity contribution in [2.24, 2.45) is 0 Å². The highest BCUT2D eigenvalue weighted by atomic mass is 19.1. The van der Waals surface area contributed by atoms with E-state index >= 15 is 0 Å². The summed E-state index contributed by atoms with van der Waals surface area (Å²) in [5.74, 6) is -1.29. The van der Waals surface area contributed by atoms with Gasteiger partial charge in [-0.3, -0.25) is 4.98 Å². The molecule has 0 amide bonds. The Morgan fingerprint density at radius 3 is 2.94 bits per heavy atom. The van der Waals surface area contributed by atoms with Crippen LogP contribution in [0, 0.1) is 5.82 Å². The Labute approximate surface area is 103 Å². The van der Waals surface area contributed by atoms with Crippen LogP contribution in [0.2, 0.25) is 0 Å². The lowest BCUT2D eigenvalue weighted by Crippen LogP contribution is -2.03. The number of aromatic carboxylic acids is 1. The Morgan fingerprint density at radius 2 is 2.22 bits per heavy atom. The Bertz CT molecular complexity index is 572. The van der Waals surface area contributed by atoms with Crippen molar-refractivity contribution in [3.63, 3.8) is 0 Å². The normalized spacial score (nSPS) is 10.1. The molecule has 4 nitrogen and oxygen atoms in total. The predicted molar refractivity (Wildman–Crippen MR) is 61.9 cm³/mol. The first kappa shape index (κ1) is 12.0. The van der Waals surface area contributed by atoms with Crippen LogP contribution in [0.5, 0.6) is 5.75 Å². The van der Waals surface area contributed by atoms with E-state index < -0.39 is 5.97 Å². The van der Waals surface area contributed by atoms with Crippen LogP contribution in [0.15, 0.2) is 42.7 Å². The van der Waals surface area contributed by atoms with Gasteiger partial charge in [-0.05, 0) is 23.8 Å². The first-order valence-corrected chi connectivity index (χ1v) is 5.21. The average Bonchev–Trinajstić information content (AvgIpc) is 2.37. The number of carbonyl (C=O) groups is 1. The number of pyridine rings is 1. The van der Waals surface area contributed by atoms with Gasteiger partial charge in [-0.15, -0.1) is 0 Å². The van der Waals surface area contributed by atoms with E-state index in [0.717, 1.165) is 0 Å². The largest absolute Gasteiger partial charge is 0.486 e. The number of nitrogens with zero attached hydrogens (tertiary/aromatic N) is 1. The van der Waals surface area contributed by atoms with Crippen molar-refractivity contribution in [3.05, 3.63) is 59.7 Å². The number of carboxylic acid groups (broad SMARTS) is 1. The summed E-state index contributed by atoms with van der Waals surface area (Å²) in [4.78, 5) is 14.7. The van der Waals surface area contributed by atoms with Gasteiger partial charge in [0.2, 0.25) is 0 Å². The summed E-state index contributed by atoms with van der Waals surface area (Å²) in [6.07, 6.45) is 2.70. The Kier molecular flexibility index (Phi) is 3.52. The van der Waals surface area contributed by atoms with Crippen LogP contribution in [-0.2, 0) is 6.61 Å². The molecule has 0 atom stereocenters.